The second-order valence-corrected chi connectivity index (χ2v) is 4.69. The second kappa shape index (κ2) is 9.94. The molecule has 1 unspecified atom stereocenters. The first-order chi connectivity index (χ1) is 11.5. The summed E-state index contributed by atoms with van der Waals surface area (Å²) in [4.78, 5) is 45.2. The van der Waals surface area contributed by atoms with Crippen molar-refractivity contribution in [2.45, 2.75) is 13.8 Å². The van der Waals surface area contributed by atoms with Gasteiger partial charge in [0, 0.05) is 12.2 Å². The molecule has 0 bridgehead atoms. The molecule has 7 heteroatoms. The van der Waals surface area contributed by atoms with Crippen LogP contribution in [-0.2, 0) is 23.9 Å². The van der Waals surface area contributed by atoms with Crippen molar-refractivity contribution in [3.63, 3.8) is 0 Å². The van der Waals surface area contributed by atoms with Crippen LogP contribution >= 0.6 is 0 Å². The maximum atomic E-state index is 11.9. The van der Waals surface area contributed by atoms with Crippen molar-refractivity contribution >= 4 is 24.2 Å². The standard InChI is InChI=1S/C17H18O7/c1-3-22-15(19)8-9-16(20)23-11-12(2)17(21)24-14-7-5-4-6-13(14)10-18/h4-10,12H,3,11H2,1-2H3/b9-8-. The Morgan fingerprint density at radius 3 is 2.33 bits per heavy atom. The molecular weight excluding hydrogens is 316 g/mol. The van der Waals surface area contributed by atoms with Crippen LogP contribution in [0.15, 0.2) is 36.4 Å². The van der Waals surface area contributed by atoms with Gasteiger partial charge in [0.1, 0.15) is 12.4 Å². The van der Waals surface area contributed by atoms with E-state index in [9.17, 15) is 19.2 Å². The Bertz CT molecular complexity index is 634. The van der Waals surface area contributed by atoms with Crippen LogP contribution in [0, 0.1) is 5.92 Å². The Kier molecular flexibility index (Phi) is 7.90. The highest BCUT2D eigenvalue weighted by atomic mass is 16.6. The van der Waals surface area contributed by atoms with Gasteiger partial charge in [-0.3, -0.25) is 9.59 Å². The molecule has 0 saturated carbocycles. The Labute approximate surface area is 139 Å². The van der Waals surface area contributed by atoms with E-state index in [1.807, 2.05) is 0 Å². The summed E-state index contributed by atoms with van der Waals surface area (Å²) in [5.41, 5.74) is 0.243. The molecule has 0 radical (unpaired) electrons. The fourth-order valence-corrected chi connectivity index (χ4v) is 1.53. The predicted octanol–water partition coefficient (Wildman–Crippen LogP) is 1.70. The van der Waals surface area contributed by atoms with Crippen LogP contribution in [-0.4, -0.2) is 37.4 Å². The van der Waals surface area contributed by atoms with E-state index in [0.29, 0.717) is 6.29 Å². The molecule has 0 aliphatic heterocycles. The second-order valence-electron chi connectivity index (χ2n) is 4.69. The zero-order valence-corrected chi connectivity index (χ0v) is 13.4. The maximum absolute atomic E-state index is 11.9. The summed E-state index contributed by atoms with van der Waals surface area (Å²) in [7, 11) is 0. The molecule has 0 aliphatic carbocycles. The minimum absolute atomic E-state index is 0.137. The van der Waals surface area contributed by atoms with Crippen molar-refractivity contribution in [2.24, 2.45) is 5.92 Å². The van der Waals surface area contributed by atoms with E-state index in [4.69, 9.17) is 9.47 Å². The molecule has 0 spiro atoms. The third kappa shape index (κ3) is 6.43. The predicted molar refractivity (Wildman–Crippen MR) is 83.4 cm³/mol. The van der Waals surface area contributed by atoms with Crippen molar-refractivity contribution in [2.75, 3.05) is 13.2 Å². The first kappa shape index (κ1) is 19.1. The number of para-hydroxylation sites is 1. The molecule has 7 nitrogen and oxygen atoms in total. The lowest BCUT2D eigenvalue weighted by Gasteiger charge is -2.12. The molecular formula is C17H18O7. The summed E-state index contributed by atoms with van der Waals surface area (Å²) in [6, 6.07) is 6.27. The van der Waals surface area contributed by atoms with Gasteiger partial charge in [-0.15, -0.1) is 0 Å². The fraction of sp³-hybridized carbons (Fsp3) is 0.294. The van der Waals surface area contributed by atoms with Gasteiger partial charge in [0.25, 0.3) is 0 Å². The van der Waals surface area contributed by atoms with Crippen molar-refractivity contribution in [3.8, 4) is 5.75 Å². The highest BCUT2D eigenvalue weighted by molar-refractivity contribution is 5.91. The normalized spacial score (nSPS) is 11.6. The van der Waals surface area contributed by atoms with E-state index < -0.39 is 23.8 Å². The van der Waals surface area contributed by atoms with Crippen LogP contribution in [0.1, 0.15) is 24.2 Å². The first-order valence-corrected chi connectivity index (χ1v) is 7.25. The highest BCUT2D eigenvalue weighted by Gasteiger charge is 2.18. The summed E-state index contributed by atoms with van der Waals surface area (Å²) in [6.45, 7) is 3.12. The van der Waals surface area contributed by atoms with Crippen LogP contribution in [0.2, 0.25) is 0 Å². The summed E-state index contributed by atoms with van der Waals surface area (Å²) in [6.07, 6.45) is 2.43. The van der Waals surface area contributed by atoms with Crippen LogP contribution in [0.5, 0.6) is 5.75 Å². The van der Waals surface area contributed by atoms with E-state index in [1.165, 1.54) is 19.1 Å². The zero-order chi connectivity index (χ0) is 17.9. The third-order valence-corrected chi connectivity index (χ3v) is 2.78. The number of rotatable bonds is 8. The molecule has 24 heavy (non-hydrogen) atoms. The Morgan fingerprint density at radius 2 is 1.71 bits per heavy atom. The van der Waals surface area contributed by atoms with Crippen LogP contribution in [0.4, 0.5) is 0 Å². The SMILES string of the molecule is CCOC(=O)/C=C\C(=O)OCC(C)C(=O)Oc1ccccc1C=O. The summed E-state index contributed by atoms with van der Waals surface area (Å²) in [5, 5.41) is 0. The minimum Gasteiger partial charge on any atom is -0.463 e. The van der Waals surface area contributed by atoms with Gasteiger partial charge < -0.3 is 14.2 Å². The number of aldehydes is 1. The molecule has 1 atom stereocenters. The lowest BCUT2D eigenvalue weighted by molar-refractivity contribution is -0.146. The van der Waals surface area contributed by atoms with E-state index in [0.717, 1.165) is 12.2 Å². The summed E-state index contributed by atoms with van der Waals surface area (Å²) < 4.78 is 14.6. The van der Waals surface area contributed by atoms with Crippen LogP contribution in [0.3, 0.4) is 0 Å². The Balaban J connectivity index is 2.48. The fourth-order valence-electron chi connectivity index (χ4n) is 1.53. The Hall–Kier alpha value is -2.96. The average molecular weight is 334 g/mol. The number of hydrogen-bond donors (Lipinski definition) is 0. The van der Waals surface area contributed by atoms with Gasteiger partial charge in [-0.05, 0) is 26.0 Å². The number of carbonyl (C=O) groups excluding carboxylic acids is 4. The largest absolute Gasteiger partial charge is 0.463 e. The number of esters is 3. The summed E-state index contributed by atoms with van der Waals surface area (Å²) in [5.74, 6) is -2.70. The average Bonchev–Trinajstić information content (AvgIpc) is 2.58. The molecule has 0 heterocycles. The summed E-state index contributed by atoms with van der Waals surface area (Å²) >= 11 is 0. The van der Waals surface area contributed by atoms with E-state index in [2.05, 4.69) is 4.74 Å². The quantitative estimate of drug-likeness (QED) is 0.309. The smallest absolute Gasteiger partial charge is 0.331 e. The molecule has 0 amide bonds. The van der Waals surface area contributed by atoms with Crippen molar-refractivity contribution in [1.82, 2.24) is 0 Å². The van der Waals surface area contributed by atoms with Gasteiger partial charge in [0.2, 0.25) is 0 Å². The van der Waals surface area contributed by atoms with Gasteiger partial charge in [-0.1, -0.05) is 12.1 Å². The molecule has 128 valence electrons. The topological polar surface area (TPSA) is 96.0 Å². The van der Waals surface area contributed by atoms with Gasteiger partial charge in [-0.2, -0.15) is 0 Å². The molecule has 1 rings (SSSR count). The monoisotopic (exact) mass is 334 g/mol. The molecule has 0 N–H and O–H groups in total. The molecule has 1 aromatic carbocycles. The van der Waals surface area contributed by atoms with Crippen molar-refractivity contribution in [3.05, 3.63) is 42.0 Å². The molecule has 0 aromatic heterocycles. The van der Waals surface area contributed by atoms with E-state index >= 15 is 0 Å². The number of benzene rings is 1. The highest BCUT2D eigenvalue weighted by Crippen LogP contribution is 2.17. The van der Waals surface area contributed by atoms with Crippen LogP contribution in [0.25, 0.3) is 0 Å². The van der Waals surface area contributed by atoms with Gasteiger partial charge >= 0.3 is 17.9 Å². The van der Waals surface area contributed by atoms with Crippen molar-refractivity contribution in [1.29, 1.82) is 0 Å². The lowest BCUT2D eigenvalue weighted by Crippen LogP contribution is -2.24. The third-order valence-electron chi connectivity index (χ3n) is 2.78. The van der Waals surface area contributed by atoms with E-state index in [-0.39, 0.29) is 24.5 Å². The number of carbonyl (C=O) groups is 4. The maximum Gasteiger partial charge on any atom is 0.331 e. The molecule has 0 fully saturated rings. The first-order valence-electron chi connectivity index (χ1n) is 7.25. The van der Waals surface area contributed by atoms with Gasteiger partial charge in [0.05, 0.1) is 18.1 Å². The minimum atomic E-state index is -0.781. The van der Waals surface area contributed by atoms with Gasteiger partial charge in [0.15, 0.2) is 6.29 Å². The number of hydrogen-bond acceptors (Lipinski definition) is 7. The zero-order valence-electron chi connectivity index (χ0n) is 13.4. The number of ether oxygens (including phenoxy) is 3. The van der Waals surface area contributed by atoms with E-state index in [1.54, 1.807) is 19.1 Å². The molecule has 0 saturated heterocycles. The molecule has 1 aromatic rings. The van der Waals surface area contributed by atoms with Crippen molar-refractivity contribution < 1.29 is 33.4 Å². The lowest BCUT2D eigenvalue weighted by atomic mass is 10.2. The van der Waals surface area contributed by atoms with Crippen LogP contribution < -0.4 is 4.74 Å². The van der Waals surface area contributed by atoms with Gasteiger partial charge in [-0.25, -0.2) is 9.59 Å². The molecule has 0 aliphatic rings. The Morgan fingerprint density at radius 1 is 1.08 bits per heavy atom.